The Labute approximate surface area is 207 Å². The summed E-state index contributed by atoms with van der Waals surface area (Å²) in [5.41, 5.74) is 9.70. The van der Waals surface area contributed by atoms with Gasteiger partial charge in [-0.2, -0.15) is 0 Å². The minimum absolute atomic E-state index is 0.115. The van der Waals surface area contributed by atoms with E-state index in [0.717, 1.165) is 27.8 Å². The molecule has 0 spiro atoms. The molecule has 4 amide bonds. The van der Waals surface area contributed by atoms with Gasteiger partial charge in [-0.1, -0.05) is 42.5 Å². The minimum atomic E-state index is -0.524. The molecule has 0 atom stereocenters. The first-order chi connectivity index (χ1) is 17.5. The van der Waals surface area contributed by atoms with E-state index in [1.807, 2.05) is 60.7 Å². The fraction of sp³-hybridized carbons (Fsp3) is 0.111. The van der Waals surface area contributed by atoms with E-state index in [1.165, 1.54) is 0 Å². The summed E-state index contributed by atoms with van der Waals surface area (Å²) in [6, 6.07) is 20.0. The Bertz CT molecular complexity index is 1470. The van der Waals surface area contributed by atoms with E-state index in [1.54, 1.807) is 23.2 Å². The molecule has 0 unspecified atom stereocenters. The van der Waals surface area contributed by atoms with Gasteiger partial charge in [0.05, 0.1) is 6.42 Å². The maximum Gasteiger partial charge on any atom is 0.321 e. The van der Waals surface area contributed by atoms with Gasteiger partial charge in [-0.05, 0) is 41.5 Å². The second-order valence-corrected chi connectivity index (χ2v) is 8.40. The Morgan fingerprint density at radius 1 is 1.06 bits per heavy atom. The van der Waals surface area contributed by atoms with Crippen LogP contribution in [0.5, 0.6) is 0 Å². The van der Waals surface area contributed by atoms with Crippen molar-refractivity contribution in [3.8, 4) is 0 Å². The molecule has 0 aliphatic carbocycles. The number of urea groups is 1. The number of hydrogen-bond donors (Lipinski definition) is 4. The van der Waals surface area contributed by atoms with Gasteiger partial charge in [0.25, 0.3) is 0 Å². The zero-order chi connectivity index (χ0) is 25.1. The zero-order valence-electron chi connectivity index (χ0n) is 19.3. The van der Waals surface area contributed by atoms with Crippen LogP contribution in [0.1, 0.15) is 16.7 Å². The van der Waals surface area contributed by atoms with Crippen molar-refractivity contribution in [2.45, 2.75) is 6.42 Å². The summed E-state index contributed by atoms with van der Waals surface area (Å²) in [5, 5.41) is 6.38. The van der Waals surface area contributed by atoms with Crippen molar-refractivity contribution >= 4 is 52.0 Å². The van der Waals surface area contributed by atoms with E-state index >= 15 is 0 Å². The second kappa shape index (κ2) is 9.75. The number of nitrogens with zero attached hydrogens (tertiary/aromatic N) is 2. The quantitative estimate of drug-likeness (QED) is 0.302. The van der Waals surface area contributed by atoms with Crippen molar-refractivity contribution in [3.05, 3.63) is 89.6 Å². The molecule has 0 saturated carbocycles. The summed E-state index contributed by atoms with van der Waals surface area (Å²) >= 11 is 0. The third-order valence-electron chi connectivity index (χ3n) is 5.96. The molecular weight excluding hydrogens is 456 g/mol. The normalized spacial score (nSPS) is 13.6. The highest BCUT2D eigenvalue weighted by Crippen LogP contribution is 2.25. The predicted molar refractivity (Wildman–Crippen MR) is 139 cm³/mol. The fourth-order valence-electron chi connectivity index (χ4n) is 4.17. The van der Waals surface area contributed by atoms with Crippen molar-refractivity contribution < 1.29 is 14.4 Å². The van der Waals surface area contributed by atoms with Crippen LogP contribution in [0.25, 0.3) is 22.7 Å². The Morgan fingerprint density at radius 3 is 2.53 bits per heavy atom. The first kappa shape index (κ1) is 22.9. The van der Waals surface area contributed by atoms with Crippen molar-refractivity contribution in [1.29, 1.82) is 0 Å². The number of carbonyl (C=O) groups is 3. The van der Waals surface area contributed by atoms with E-state index in [4.69, 9.17) is 5.73 Å². The molecule has 3 heterocycles. The number of carbonyl (C=O) groups excluding carboxylic acids is 3. The Hall–Kier alpha value is -4.92. The van der Waals surface area contributed by atoms with Gasteiger partial charge in [0.15, 0.2) is 0 Å². The molecule has 1 saturated heterocycles. The molecule has 1 fully saturated rings. The molecule has 9 nitrogen and oxygen atoms in total. The summed E-state index contributed by atoms with van der Waals surface area (Å²) in [6.45, 7) is 1.25. The summed E-state index contributed by atoms with van der Waals surface area (Å²) in [5.74, 6) is -0.321. The van der Waals surface area contributed by atoms with E-state index in [-0.39, 0.29) is 18.4 Å². The van der Waals surface area contributed by atoms with Gasteiger partial charge in [-0.25, -0.2) is 9.78 Å². The number of benzene rings is 2. The molecular formula is C27H24N6O3. The van der Waals surface area contributed by atoms with Crippen molar-refractivity contribution in [2.75, 3.05) is 23.3 Å². The lowest BCUT2D eigenvalue weighted by molar-refractivity contribution is -0.115. The third kappa shape index (κ3) is 4.80. The van der Waals surface area contributed by atoms with Crippen LogP contribution in [-0.2, 0) is 16.0 Å². The highest BCUT2D eigenvalue weighted by molar-refractivity contribution is 6.24. The topological polar surface area (TPSA) is 133 Å². The number of nitrogens with two attached hydrogens (primary N) is 1. The van der Waals surface area contributed by atoms with Gasteiger partial charge in [-0.3, -0.25) is 14.5 Å². The lowest BCUT2D eigenvalue weighted by Crippen LogP contribution is -2.27. The molecule has 5 rings (SSSR count). The maximum atomic E-state index is 12.6. The molecule has 1 aliphatic rings. The van der Waals surface area contributed by atoms with Crippen LogP contribution in [0.2, 0.25) is 0 Å². The van der Waals surface area contributed by atoms with Crippen LogP contribution >= 0.6 is 0 Å². The number of primary amides is 1. The largest absolute Gasteiger partial charge is 0.366 e. The molecule has 180 valence electrons. The molecule has 0 bridgehead atoms. The number of pyridine rings is 1. The van der Waals surface area contributed by atoms with Crippen molar-refractivity contribution in [1.82, 2.24) is 15.3 Å². The summed E-state index contributed by atoms with van der Waals surface area (Å²) < 4.78 is 0. The minimum Gasteiger partial charge on any atom is -0.366 e. The molecule has 36 heavy (non-hydrogen) atoms. The van der Waals surface area contributed by atoms with Crippen molar-refractivity contribution in [2.24, 2.45) is 5.73 Å². The second-order valence-electron chi connectivity index (χ2n) is 8.40. The standard InChI is InChI=1S/C27H24N6O3/c28-25(35)22(18-4-2-1-3-5-18)15-19-16-30-26-21(19)10-11-23(32-26)31-24(34)14-17-6-8-20(9-7-17)33-13-12-29-27(33)36/h1-11,15-16H,12-14H2,(H2,28,35)(H,29,36)(H2,30,31,32,34). The Morgan fingerprint density at radius 2 is 1.83 bits per heavy atom. The van der Waals surface area contributed by atoms with E-state index in [2.05, 4.69) is 20.6 Å². The van der Waals surface area contributed by atoms with Gasteiger partial charge in [0.1, 0.15) is 11.5 Å². The SMILES string of the molecule is NC(=O)C(=Cc1c[nH]c2nc(NC(=O)Cc3ccc(N4CCNC4=O)cc3)ccc12)c1ccccc1. The van der Waals surface area contributed by atoms with E-state index in [0.29, 0.717) is 30.1 Å². The number of fused-ring (bicyclic) bond motifs is 1. The molecule has 2 aromatic carbocycles. The number of H-pyrrole nitrogens is 1. The summed E-state index contributed by atoms with van der Waals surface area (Å²) in [4.78, 5) is 45.7. The van der Waals surface area contributed by atoms with Crippen LogP contribution < -0.4 is 21.3 Å². The van der Waals surface area contributed by atoms with Gasteiger partial charge >= 0.3 is 6.03 Å². The van der Waals surface area contributed by atoms with Gasteiger partial charge in [-0.15, -0.1) is 0 Å². The first-order valence-corrected chi connectivity index (χ1v) is 11.5. The number of amides is 4. The molecule has 9 heteroatoms. The molecule has 2 aromatic heterocycles. The predicted octanol–water partition coefficient (Wildman–Crippen LogP) is 3.30. The monoisotopic (exact) mass is 480 g/mol. The molecule has 4 aromatic rings. The average Bonchev–Trinajstić information content (AvgIpc) is 3.49. The van der Waals surface area contributed by atoms with Crippen LogP contribution in [0.3, 0.4) is 0 Å². The van der Waals surface area contributed by atoms with E-state index in [9.17, 15) is 14.4 Å². The zero-order valence-corrected chi connectivity index (χ0v) is 19.3. The molecule has 1 aliphatic heterocycles. The highest BCUT2D eigenvalue weighted by Gasteiger charge is 2.21. The van der Waals surface area contributed by atoms with E-state index < -0.39 is 5.91 Å². The van der Waals surface area contributed by atoms with Gasteiger partial charge in [0, 0.05) is 41.5 Å². The lowest BCUT2D eigenvalue weighted by Gasteiger charge is -2.14. The summed E-state index contributed by atoms with van der Waals surface area (Å²) in [7, 11) is 0. The Balaban J connectivity index is 1.28. The van der Waals surface area contributed by atoms with Crippen LogP contribution in [0.4, 0.5) is 16.3 Å². The third-order valence-corrected chi connectivity index (χ3v) is 5.96. The number of hydrogen-bond acceptors (Lipinski definition) is 4. The summed E-state index contributed by atoms with van der Waals surface area (Å²) in [6.07, 6.45) is 3.65. The number of aromatic nitrogens is 2. The highest BCUT2D eigenvalue weighted by atomic mass is 16.2. The molecule has 5 N–H and O–H groups in total. The smallest absolute Gasteiger partial charge is 0.321 e. The number of anilines is 2. The van der Waals surface area contributed by atoms with Crippen molar-refractivity contribution in [3.63, 3.8) is 0 Å². The molecule has 0 radical (unpaired) electrons. The van der Waals surface area contributed by atoms with Crippen LogP contribution in [0.15, 0.2) is 72.9 Å². The average molecular weight is 481 g/mol. The van der Waals surface area contributed by atoms with Gasteiger partial charge < -0.3 is 21.4 Å². The Kier molecular flexibility index (Phi) is 6.19. The van der Waals surface area contributed by atoms with Crippen LogP contribution in [0, 0.1) is 0 Å². The number of rotatable bonds is 7. The van der Waals surface area contributed by atoms with Crippen LogP contribution in [-0.4, -0.2) is 40.9 Å². The fourth-order valence-corrected chi connectivity index (χ4v) is 4.17. The lowest BCUT2D eigenvalue weighted by atomic mass is 10.0. The first-order valence-electron chi connectivity index (χ1n) is 11.5. The number of aromatic amines is 1. The number of nitrogens with one attached hydrogen (secondary N) is 3. The van der Waals surface area contributed by atoms with Gasteiger partial charge in [0.2, 0.25) is 11.8 Å². The maximum absolute atomic E-state index is 12.6.